The number of thiazole rings is 1. The zero-order valence-corrected chi connectivity index (χ0v) is 29.5. The zero-order valence-electron chi connectivity index (χ0n) is 28.6. The summed E-state index contributed by atoms with van der Waals surface area (Å²) in [6, 6.07) is 22.2. The van der Waals surface area contributed by atoms with Crippen LogP contribution < -0.4 is 10.6 Å². The Bertz CT molecular complexity index is 2570. The van der Waals surface area contributed by atoms with Gasteiger partial charge >= 0.3 is 12.2 Å². The summed E-state index contributed by atoms with van der Waals surface area (Å²) >= 11 is 0.870. The van der Waals surface area contributed by atoms with E-state index >= 15 is 0 Å². The number of nitrogens with zero attached hydrogens (tertiary/aromatic N) is 4. The molecule has 1 atom stereocenters. The molecule has 0 radical (unpaired) electrons. The largest absolute Gasteiger partial charge is 0.434 e. The summed E-state index contributed by atoms with van der Waals surface area (Å²) in [6.07, 6.45) is 0.711. The van der Waals surface area contributed by atoms with Gasteiger partial charge in [0.1, 0.15) is 10.8 Å². The van der Waals surface area contributed by atoms with Crippen LogP contribution in [0.5, 0.6) is 0 Å². The summed E-state index contributed by atoms with van der Waals surface area (Å²) in [5.41, 5.74) is 1.79. The van der Waals surface area contributed by atoms with Gasteiger partial charge in [-0.2, -0.15) is 23.4 Å². The summed E-state index contributed by atoms with van der Waals surface area (Å²) in [5, 5.41) is 28.9. The molecular weight excluding hydrogens is 718 g/mol. The van der Waals surface area contributed by atoms with Crippen LogP contribution in [-0.2, 0) is 6.18 Å². The first kappa shape index (κ1) is 36.2. The number of anilines is 1. The van der Waals surface area contributed by atoms with Gasteiger partial charge in [0.05, 0.1) is 12.4 Å². The van der Waals surface area contributed by atoms with Gasteiger partial charge in [-0.25, -0.2) is 14.8 Å². The maximum atomic E-state index is 13.1. The number of Topliss-reactive ketones (excluding diaryl/α,β-unsaturated/α-hetero) is 2. The first-order chi connectivity index (χ1) is 26.0. The van der Waals surface area contributed by atoms with Crippen LogP contribution in [0.2, 0.25) is 0 Å². The van der Waals surface area contributed by atoms with Crippen molar-refractivity contribution in [2.24, 2.45) is 5.92 Å². The number of halogens is 3. The van der Waals surface area contributed by atoms with Gasteiger partial charge in [-0.3, -0.25) is 14.9 Å². The summed E-state index contributed by atoms with van der Waals surface area (Å²) in [4.78, 5) is 45.1. The lowest BCUT2D eigenvalue weighted by Gasteiger charge is -2.23. The van der Waals surface area contributed by atoms with Crippen molar-refractivity contribution in [1.29, 1.82) is 0 Å². The monoisotopic (exact) mass is 748 g/mol. The lowest BCUT2D eigenvalue weighted by molar-refractivity contribution is -0.140. The lowest BCUT2D eigenvalue weighted by Crippen LogP contribution is -2.28. The van der Waals surface area contributed by atoms with Crippen molar-refractivity contribution in [3.05, 3.63) is 114 Å². The second-order valence-electron chi connectivity index (χ2n) is 12.5. The van der Waals surface area contributed by atoms with Gasteiger partial charge in [0.2, 0.25) is 0 Å². The zero-order chi connectivity index (χ0) is 38.0. The van der Waals surface area contributed by atoms with E-state index in [9.17, 15) is 27.6 Å². The topological polar surface area (TPSA) is 147 Å². The number of rotatable bonds is 6. The van der Waals surface area contributed by atoms with Gasteiger partial charge in [0, 0.05) is 70.1 Å². The van der Waals surface area contributed by atoms with Crippen LogP contribution in [0.1, 0.15) is 46.2 Å². The molecule has 0 fully saturated rings. The Morgan fingerprint density at radius 1 is 0.870 bits per heavy atom. The molecule has 0 spiro atoms. The van der Waals surface area contributed by atoms with Crippen molar-refractivity contribution in [1.82, 2.24) is 25.5 Å². The fraction of sp³-hybridized carbons (Fsp3) is 0.175. The first-order valence-electron chi connectivity index (χ1n) is 17.0. The highest BCUT2D eigenvalue weighted by atomic mass is 32.1. The van der Waals surface area contributed by atoms with Gasteiger partial charge in [-0.05, 0) is 52.6 Å². The fourth-order valence-electron chi connectivity index (χ4n) is 6.55. The van der Waals surface area contributed by atoms with E-state index in [0.29, 0.717) is 35.2 Å². The number of pyridine rings is 1. The summed E-state index contributed by atoms with van der Waals surface area (Å²) in [7, 11) is 0. The van der Waals surface area contributed by atoms with Crippen molar-refractivity contribution in [3.63, 3.8) is 0 Å². The number of carbonyl (C=O) groups excluding carboxylic acids is 3. The molecule has 2 amide bonds. The third kappa shape index (κ3) is 7.25. The molecule has 1 aliphatic carbocycles. The first-order valence-corrected chi connectivity index (χ1v) is 17.8. The number of alkyl halides is 3. The highest BCUT2D eigenvalue weighted by Crippen LogP contribution is 2.39. The highest BCUT2D eigenvalue weighted by Gasteiger charge is 2.35. The lowest BCUT2D eigenvalue weighted by atomic mass is 9.78. The van der Waals surface area contributed by atoms with Crippen LogP contribution in [-0.4, -0.2) is 56.0 Å². The number of hydrogen-bond acceptors (Lipinski definition) is 9. The van der Waals surface area contributed by atoms with Crippen molar-refractivity contribution in [2.75, 3.05) is 18.5 Å². The summed E-state index contributed by atoms with van der Waals surface area (Å²) in [6.45, 7) is 2.10. The van der Waals surface area contributed by atoms with E-state index in [0.717, 1.165) is 54.6 Å². The third-order valence-corrected chi connectivity index (χ3v) is 9.99. The van der Waals surface area contributed by atoms with Crippen molar-refractivity contribution < 1.29 is 32.7 Å². The van der Waals surface area contributed by atoms with Gasteiger partial charge in [0.25, 0.3) is 0 Å². The molecule has 1 aliphatic rings. The molecule has 10 nitrogen and oxygen atoms in total. The standard InChI is InChI=1S/C20H15F3N6OS.C20H16O3/c1-2-24-19(30)29-17-6-14(18-28-16(10-31-18)20(21,22)23)15(9-25-17)11-3-4-12-7-26-27-8-13(12)5-11;21-10-9-13-11-18(22)17-8-7-15-14-4-2-1-3-12(14)5-6-16(15)19(17)20(13)23/h3-10H,2H2,1H3,(H2,24,25,29,30);1-8,13,21H,9-11H2. The number of aromatic nitrogens is 4. The summed E-state index contributed by atoms with van der Waals surface area (Å²) < 4.78 is 39.3. The molecule has 8 rings (SSSR count). The molecule has 272 valence electrons. The minimum atomic E-state index is -4.55. The van der Waals surface area contributed by atoms with Crippen LogP contribution >= 0.6 is 11.3 Å². The second-order valence-corrected chi connectivity index (χ2v) is 13.4. The van der Waals surface area contributed by atoms with Gasteiger partial charge in [0.15, 0.2) is 17.3 Å². The normalized spacial score (nSPS) is 14.1. The van der Waals surface area contributed by atoms with Crippen LogP contribution in [0.4, 0.5) is 23.8 Å². The average Bonchev–Trinajstić information content (AvgIpc) is 3.68. The maximum absolute atomic E-state index is 13.1. The Kier molecular flexibility index (Phi) is 10.1. The molecule has 1 unspecified atom stereocenters. The number of ketones is 2. The van der Waals surface area contributed by atoms with Gasteiger partial charge in [-0.1, -0.05) is 60.7 Å². The van der Waals surface area contributed by atoms with Crippen molar-refractivity contribution in [2.45, 2.75) is 25.9 Å². The minimum absolute atomic E-state index is 0.00638. The smallest absolute Gasteiger partial charge is 0.396 e. The predicted octanol–water partition coefficient (Wildman–Crippen LogP) is 8.74. The minimum Gasteiger partial charge on any atom is -0.396 e. The maximum Gasteiger partial charge on any atom is 0.434 e. The van der Waals surface area contributed by atoms with E-state index in [4.69, 9.17) is 5.11 Å². The molecule has 54 heavy (non-hydrogen) atoms. The SMILES string of the molecule is CCNC(=O)Nc1cc(-c2nc(C(F)(F)F)cs2)c(-c2ccc3cnncc3c2)cn1.O=C1CC(CCO)C(=O)c2c1ccc1c2ccc2ccccc21. The van der Waals surface area contributed by atoms with E-state index in [2.05, 4.69) is 30.8 Å². The van der Waals surface area contributed by atoms with Gasteiger partial charge < -0.3 is 10.4 Å². The molecule has 0 aliphatic heterocycles. The number of amides is 2. The Balaban J connectivity index is 0.000000174. The molecule has 3 heterocycles. The predicted molar refractivity (Wildman–Crippen MR) is 201 cm³/mol. The van der Waals surface area contributed by atoms with E-state index in [1.807, 2.05) is 60.7 Å². The number of urea groups is 1. The Labute approximate surface area is 310 Å². The molecule has 3 N–H and O–H groups in total. The highest BCUT2D eigenvalue weighted by molar-refractivity contribution is 7.13. The Morgan fingerprint density at radius 2 is 1.63 bits per heavy atom. The van der Waals surface area contributed by atoms with E-state index in [1.165, 1.54) is 12.3 Å². The number of aliphatic hydroxyl groups is 1. The average molecular weight is 749 g/mol. The quantitative estimate of drug-likeness (QED) is 0.143. The molecule has 0 bridgehead atoms. The molecule has 0 saturated carbocycles. The number of carbonyl (C=O) groups is 3. The van der Waals surface area contributed by atoms with Crippen LogP contribution in [0.3, 0.4) is 0 Å². The third-order valence-electron chi connectivity index (χ3n) is 9.12. The van der Waals surface area contributed by atoms with E-state index in [-0.39, 0.29) is 35.4 Å². The van der Waals surface area contributed by atoms with Crippen LogP contribution in [0.25, 0.3) is 54.0 Å². The van der Waals surface area contributed by atoms with Crippen molar-refractivity contribution >= 4 is 67.1 Å². The number of hydrogen-bond donors (Lipinski definition) is 3. The molecule has 4 aromatic carbocycles. The molecule has 0 saturated heterocycles. The number of fused-ring (bicyclic) bond motifs is 6. The number of nitrogens with one attached hydrogen (secondary N) is 2. The van der Waals surface area contributed by atoms with Crippen LogP contribution in [0, 0.1) is 5.92 Å². The molecule has 14 heteroatoms. The fourth-order valence-corrected chi connectivity index (χ4v) is 7.40. The van der Waals surface area contributed by atoms with Gasteiger partial charge in [-0.15, -0.1) is 11.3 Å². The summed E-state index contributed by atoms with van der Waals surface area (Å²) in [5.74, 6) is -0.236. The van der Waals surface area contributed by atoms with E-state index in [1.54, 1.807) is 25.4 Å². The number of benzene rings is 4. The van der Waals surface area contributed by atoms with Crippen molar-refractivity contribution in [3.8, 4) is 21.7 Å². The number of aliphatic hydroxyl groups excluding tert-OH is 1. The molecular formula is C40H31F3N6O4S. The molecule has 7 aromatic rings. The molecule has 3 aromatic heterocycles. The Hall–Kier alpha value is -6.12. The second kappa shape index (κ2) is 15.1. The Morgan fingerprint density at radius 3 is 2.39 bits per heavy atom. The van der Waals surface area contributed by atoms with Crippen LogP contribution in [0.15, 0.2) is 96.8 Å². The van der Waals surface area contributed by atoms with E-state index < -0.39 is 23.8 Å².